The Kier molecular flexibility index (Phi) is 42.6. The van der Waals surface area contributed by atoms with E-state index < -0.39 is 0 Å². The molecule has 0 rings (SSSR count). The molecule has 0 saturated heterocycles. The molecule has 0 unspecified atom stereocenters. The third-order valence-electron chi connectivity index (χ3n) is 0. The van der Waals surface area contributed by atoms with Crippen molar-refractivity contribution in [2.45, 2.75) is 20.3 Å². The summed E-state index contributed by atoms with van der Waals surface area (Å²) in [6.45, 7) is 4.25. The molecule has 0 aromatic carbocycles. The van der Waals surface area contributed by atoms with Gasteiger partial charge in [0.1, 0.15) is 0 Å². The second kappa shape index (κ2) is 23.3. The maximum absolute atomic E-state index is 8.34. The molecule has 0 bridgehead atoms. The van der Waals surface area contributed by atoms with E-state index in [4.69, 9.17) is 3.08 Å². The second-order valence-electron chi connectivity index (χ2n) is 0.707. The topological polar surface area (TPSA) is 17.1 Å². The molecule has 0 saturated carbocycles. The van der Waals surface area contributed by atoms with Crippen LogP contribution in [0.2, 0.25) is 0 Å². The predicted molar refractivity (Wildman–Crippen MR) is 22.4 cm³/mol. The van der Waals surface area contributed by atoms with E-state index in [1.165, 1.54) is 6.42 Å². The summed E-state index contributed by atoms with van der Waals surface area (Å²) < 4.78 is 8.34. The summed E-state index contributed by atoms with van der Waals surface area (Å²) in [6.07, 6.45) is 1.25. The summed E-state index contributed by atoms with van der Waals surface area (Å²) in [6, 6.07) is 0. The molecule has 2 radical (unpaired) electrons. The molecule has 0 atom stereocenters. The van der Waals surface area contributed by atoms with E-state index in [-0.39, 0.29) is 0 Å². The first-order valence-corrected chi connectivity index (χ1v) is 2.78. The summed E-state index contributed by atoms with van der Waals surface area (Å²) in [4.78, 5) is 0. The zero-order valence-electron chi connectivity index (χ0n) is 3.62. The van der Waals surface area contributed by atoms with E-state index in [0.29, 0.717) is 22.5 Å². The maximum atomic E-state index is 8.34. The Bertz CT molecular complexity index is 10.9. The van der Waals surface area contributed by atoms with Gasteiger partial charge in [0.25, 0.3) is 0 Å². The third-order valence-corrected chi connectivity index (χ3v) is 0. The van der Waals surface area contributed by atoms with Crippen molar-refractivity contribution < 1.29 is 3.08 Å². The van der Waals surface area contributed by atoms with Gasteiger partial charge in [0.15, 0.2) is 0 Å². The molecule has 2 heteroatoms. The number of rotatable bonds is 0. The van der Waals surface area contributed by atoms with Gasteiger partial charge < -0.3 is 0 Å². The van der Waals surface area contributed by atoms with Gasteiger partial charge in [-0.3, -0.25) is 0 Å². The van der Waals surface area contributed by atoms with E-state index in [1.807, 2.05) is 0 Å². The van der Waals surface area contributed by atoms with Gasteiger partial charge in [0.05, 0.1) is 0 Å². The van der Waals surface area contributed by atoms with Gasteiger partial charge in [-0.1, -0.05) is 20.3 Å². The fourth-order valence-electron chi connectivity index (χ4n) is 0. The average Bonchev–Trinajstić information content (AvgIpc) is 1.46. The van der Waals surface area contributed by atoms with Crippen LogP contribution in [0.5, 0.6) is 0 Å². The van der Waals surface area contributed by atoms with Crippen LogP contribution >= 0.6 is 0 Å². The monoisotopic (exact) mass is 180 g/mol. The standard InChI is InChI=1S/C3H8.O.Sn/c1-3-2;;/h3H2,1-2H3;;. The molecule has 5 heavy (non-hydrogen) atoms. The molecular formula is C3H8OSn. The number of hydrogen-bond acceptors (Lipinski definition) is 1. The van der Waals surface area contributed by atoms with Crippen LogP contribution in [-0.4, -0.2) is 22.5 Å². The fraction of sp³-hybridized carbons (Fsp3) is 1.00. The van der Waals surface area contributed by atoms with Gasteiger partial charge in [-0.25, -0.2) is 0 Å². The zero-order valence-corrected chi connectivity index (χ0v) is 6.47. The van der Waals surface area contributed by atoms with Crippen molar-refractivity contribution in [1.82, 2.24) is 0 Å². The summed E-state index contributed by atoms with van der Waals surface area (Å²) in [7, 11) is 0. The molecule has 0 amide bonds. The van der Waals surface area contributed by atoms with Crippen LogP contribution in [0.15, 0.2) is 0 Å². The van der Waals surface area contributed by atoms with Crippen LogP contribution < -0.4 is 0 Å². The van der Waals surface area contributed by atoms with Crippen molar-refractivity contribution in [2.24, 2.45) is 0 Å². The molecule has 0 aliphatic heterocycles. The first-order chi connectivity index (χ1) is 2.41. The Morgan fingerprint density at radius 3 is 1.40 bits per heavy atom. The third kappa shape index (κ3) is 86.6. The Balaban J connectivity index is 0. The first kappa shape index (κ1) is 9.14. The first-order valence-electron chi connectivity index (χ1n) is 1.62. The van der Waals surface area contributed by atoms with Crippen LogP contribution in [0.25, 0.3) is 0 Å². The average molecular weight is 179 g/mol. The van der Waals surface area contributed by atoms with Gasteiger partial charge in [0, 0.05) is 0 Å². The van der Waals surface area contributed by atoms with Crippen molar-refractivity contribution in [3.63, 3.8) is 0 Å². The van der Waals surface area contributed by atoms with E-state index in [2.05, 4.69) is 13.8 Å². The Morgan fingerprint density at radius 1 is 1.40 bits per heavy atom. The van der Waals surface area contributed by atoms with Crippen molar-refractivity contribution in [3.05, 3.63) is 0 Å². The predicted octanol–water partition coefficient (Wildman–Crippen LogP) is 0.917. The zero-order chi connectivity index (χ0) is 4.71. The summed E-state index contributed by atoms with van der Waals surface area (Å²) in [5, 5.41) is 0. The van der Waals surface area contributed by atoms with E-state index in [0.717, 1.165) is 0 Å². The van der Waals surface area contributed by atoms with Crippen molar-refractivity contribution in [2.75, 3.05) is 0 Å². The quantitative estimate of drug-likeness (QED) is 0.505. The van der Waals surface area contributed by atoms with Gasteiger partial charge in [-0.15, -0.1) is 0 Å². The van der Waals surface area contributed by atoms with E-state index in [9.17, 15) is 0 Å². The molecule has 0 N–H and O–H groups in total. The molecule has 0 aliphatic rings. The minimum absolute atomic E-state index is 0.300. The molecule has 30 valence electrons. The molecule has 0 heterocycles. The SMILES string of the molecule is CCC.[O]=[Sn]. The van der Waals surface area contributed by atoms with Crippen molar-refractivity contribution in [3.8, 4) is 0 Å². The molecule has 0 fully saturated rings. The molecule has 0 aromatic heterocycles. The van der Waals surface area contributed by atoms with Crippen molar-refractivity contribution >= 4 is 22.5 Å². The molecule has 0 aromatic rings. The summed E-state index contributed by atoms with van der Waals surface area (Å²) >= 11 is 0.300. The summed E-state index contributed by atoms with van der Waals surface area (Å²) in [5.74, 6) is 0. The van der Waals surface area contributed by atoms with Crippen molar-refractivity contribution in [1.29, 1.82) is 0 Å². The van der Waals surface area contributed by atoms with Gasteiger partial charge in [-0.2, -0.15) is 0 Å². The summed E-state index contributed by atoms with van der Waals surface area (Å²) in [5.41, 5.74) is 0. The molecule has 0 spiro atoms. The number of hydrogen-bond donors (Lipinski definition) is 0. The van der Waals surface area contributed by atoms with Crippen LogP contribution in [-0.2, 0) is 3.08 Å². The fourth-order valence-corrected chi connectivity index (χ4v) is 0. The minimum atomic E-state index is 0.300. The van der Waals surface area contributed by atoms with Gasteiger partial charge >= 0.3 is 25.6 Å². The van der Waals surface area contributed by atoms with Gasteiger partial charge in [0.2, 0.25) is 0 Å². The molecule has 1 nitrogen and oxygen atoms in total. The molecular weight excluding hydrogens is 171 g/mol. The van der Waals surface area contributed by atoms with E-state index >= 15 is 0 Å². The van der Waals surface area contributed by atoms with Crippen LogP contribution in [0.4, 0.5) is 0 Å². The Morgan fingerprint density at radius 2 is 1.40 bits per heavy atom. The molecule has 0 aliphatic carbocycles. The van der Waals surface area contributed by atoms with E-state index in [1.54, 1.807) is 0 Å². The Hall–Kier alpha value is 0.599. The van der Waals surface area contributed by atoms with Crippen LogP contribution in [0.1, 0.15) is 20.3 Å². The second-order valence-corrected chi connectivity index (χ2v) is 0.707. The van der Waals surface area contributed by atoms with Gasteiger partial charge in [-0.05, 0) is 0 Å². The van der Waals surface area contributed by atoms with Crippen LogP contribution in [0, 0.1) is 0 Å². The Labute approximate surface area is 46.2 Å². The normalized spacial score (nSPS) is 4.40. The van der Waals surface area contributed by atoms with Crippen LogP contribution in [0.3, 0.4) is 0 Å².